The number of halogens is 1. The first-order chi connectivity index (χ1) is 13.7. The molecule has 1 saturated carbocycles. The third kappa shape index (κ3) is 7.04. The van der Waals surface area contributed by atoms with E-state index in [2.05, 4.69) is 9.80 Å². The van der Waals surface area contributed by atoms with Crippen molar-refractivity contribution in [2.24, 2.45) is 5.92 Å². The van der Waals surface area contributed by atoms with Crippen LogP contribution in [0.15, 0.2) is 0 Å². The van der Waals surface area contributed by atoms with Gasteiger partial charge in [-0.25, -0.2) is 0 Å². The molecule has 2 aliphatic heterocycles. The summed E-state index contributed by atoms with van der Waals surface area (Å²) < 4.78 is 22.6. The molecular formula is C21H39ClN2O5. The Bertz CT molecular complexity index is 470. The van der Waals surface area contributed by atoms with E-state index in [-0.39, 0.29) is 36.8 Å². The molecule has 0 bridgehead atoms. The summed E-state index contributed by atoms with van der Waals surface area (Å²) in [6.45, 7) is 6.63. The van der Waals surface area contributed by atoms with E-state index in [1.54, 1.807) is 7.11 Å². The highest BCUT2D eigenvalue weighted by Gasteiger charge is 2.38. The van der Waals surface area contributed by atoms with Crippen molar-refractivity contribution in [1.82, 2.24) is 9.80 Å². The second-order valence-electron chi connectivity index (χ2n) is 8.24. The lowest BCUT2D eigenvalue weighted by Crippen LogP contribution is -2.53. The molecule has 7 nitrogen and oxygen atoms in total. The van der Waals surface area contributed by atoms with Gasteiger partial charge < -0.3 is 18.9 Å². The Kier molecular flexibility index (Phi) is 11.2. The number of rotatable bonds is 10. The number of carbonyl (C=O) groups excluding carboxylic acids is 1. The molecule has 2 heterocycles. The molecule has 8 heteroatoms. The van der Waals surface area contributed by atoms with Gasteiger partial charge in [0.15, 0.2) is 6.35 Å². The summed E-state index contributed by atoms with van der Waals surface area (Å²) in [4.78, 5) is 17.0. The van der Waals surface area contributed by atoms with Crippen LogP contribution in [0.4, 0.5) is 0 Å². The third-order valence-electron chi connectivity index (χ3n) is 6.28. The maximum absolute atomic E-state index is 12.0. The number of hydrogen-bond acceptors (Lipinski definition) is 7. The largest absolute Gasteiger partial charge is 0.466 e. The van der Waals surface area contributed by atoms with Gasteiger partial charge in [-0.15, -0.1) is 12.4 Å². The molecule has 0 aromatic heterocycles. The van der Waals surface area contributed by atoms with Gasteiger partial charge in [0.1, 0.15) is 6.79 Å². The maximum atomic E-state index is 12.0. The van der Waals surface area contributed by atoms with Gasteiger partial charge in [0.2, 0.25) is 0 Å². The zero-order valence-corrected chi connectivity index (χ0v) is 18.9. The van der Waals surface area contributed by atoms with E-state index in [4.69, 9.17) is 18.9 Å². The molecule has 3 fully saturated rings. The fourth-order valence-electron chi connectivity index (χ4n) is 4.80. The average Bonchev–Trinajstić information content (AvgIpc) is 3.39. The molecular weight excluding hydrogens is 396 g/mol. The fourth-order valence-corrected chi connectivity index (χ4v) is 4.80. The Balaban J connectivity index is 0.00000300. The summed E-state index contributed by atoms with van der Waals surface area (Å²) in [5, 5.41) is 0. The number of esters is 1. The number of methoxy groups -OCH3 is 1. The minimum absolute atomic E-state index is 0. The van der Waals surface area contributed by atoms with Crippen LogP contribution in [0.2, 0.25) is 0 Å². The Morgan fingerprint density at radius 2 is 1.76 bits per heavy atom. The predicted molar refractivity (Wildman–Crippen MR) is 113 cm³/mol. The standard InChI is InChI=1S/C21H38N2O5.ClH/c1-3-27-20(24)17-8-10-19(11-9-17)28-21(22-12-4-5-13-22)23-14-6-7-18(23)15-26-16-25-2;/h17-19,21H,3-16H2,1-2H3;1H/t17-,18?,19-,21?;. The lowest BCUT2D eigenvalue weighted by molar-refractivity contribution is -0.194. The number of hydrogen-bond donors (Lipinski definition) is 0. The normalized spacial score (nSPS) is 29.5. The van der Waals surface area contributed by atoms with Gasteiger partial charge in [-0.3, -0.25) is 14.6 Å². The number of nitrogens with zero attached hydrogens (tertiary/aromatic N) is 2. The van der Waals surface area contributed by atoms with Crippen molar-refractivity contribution in [2.45, 2.75) is 76.8 Å². The van der Waals surface area contributed by atoms with Crippen molar-refractivity contribution >= 4 is 18.4 Å². The van der Waals surface area contributed by atoms with Gasteiger partial charge in [-0.2, -0.15) is 0 Å². The molecule has 2 unspecified atom stereocenters. The highest BCUT2D eigenvalue weighted by molar-refractivity contribution is 5.85. The van der Waals surface area contributed by atoms with Crippen molar-refractivity contribution in [2.75, 3.05) is 46.8 Å². The molecule has 2 saturated heterocycles. The Hall–Kier alpha value is -0.440. The summed E-state index contributed by atoms with van der Waals surface area (Å²) >= 11 is 0. The van der Waals surface area contributed by atoms with Crippen LogP contribution in [0.3, 0.4) is 0 Å². The van der Waals surface area contributed by atoms with E-state index in [1.807, 2.05) is 6.92 Å². The first kappa shape index (κ1) is 24.8. The lowest BCUT2D eigenvalue weighted by Gasteiger charge is -2.41. The molecule has 3 rings (SSSR count). The summed E-state index contributed by atoms with van der Waals surface area (Å²) in [5.74, 6) is 0.0129. The Labute approximate surface area is 181 Å². The highest BCUT2D eigenvalue weighted by Crippen LogP contribution is 2.32. The van der Waals surface area contributed by atoms with Crippen molar-refractivity contribution in [3.05, 3.63) is 0 Å². The van der Waals surface area contributed by atoms with Crippen LogP contribution in [0.5, 0.6) is 0 Å². The summed E-state index contributed by atoms with van der Waals surface area (Å²) in [7, 11) is 1.66. The van der Waals surface area contributed by atoms with E-state index in [0.717, 1.165) is 51.7 Å². The van der Waals surface area contributed by atoms with Crippen molar-refractivity contribution < 1.29 is 23.7 Å². The molecule has 0 N–H and O–H groups in total. The van der Waals surface area contributed by atoms with Crippen molar-refractivity contribution in [3.8, 4) is 0 Å². The molecule has 0 amide bonds. The second-order valence-corrected chi connectivity index (χ2v) is 8.24. The third-order valence-corrected chi connectivity index (χ3v) is 6.28. The van der Waals surface area contributed by atoms with Crippen molar-refractivity contribution in [1.29, 1.82) is 0 Å². The molecule has 29 heavy (non-hydrogen) atoms. The lowest BCUT2D eigenvalue weighted by atomic mass is 9.87. The minimum atomic E-state index is -0.0352. The Morgan fingerprint density at radius 1 is 1.03 bits per heavy atom. The number of likely N-dealkylation sites (tertiary alicyclic amines) is 2. The predicted octanol–water partition coefficient (Wildman–Crippen LogP) is 3.01. The van der Waals surface area contributed by atoms with Crippen LogP contribution >= 0.6 is 12.4 Å². The van der Waals surface area contributed by atoms with Gasteiger partial charge in [-0.05, 0) is 58.3 Å². The Morgan fingerprint density at radius 3 is 2.41 bits per heavy atom. The average molecular weight is 435 g/mol. The van der Waals surface area contributed by atoms with E-state index in [1.165, 1.54) is 19.3 Å². The molecule has 3 aliphatic rings. The summed E-state index contributed by atoms with van der Waals surface area (Å²) in [6.07, 6.45) is 8.69. The van der Waals surface area contributed by atoms with Gasteiger partial charge in [0.25, 0.3) is 0 Å². The topological polar surface area (TPSA) is 60.5 Å². The van der Waals surface area contributed by atoms with E-state index in [0.29, 0.717) is 26.0 Å². The quantitative estimate of drug-likeness (QED) is 0.297. The molecule has 2 atom stereocenters. The molecule has 0 aromatic carbocycles. The molecule has 0 radical (unpaired) electrons. The van der Waals surface area contributed by atoms with Crippen LogP contribution in [0.25, 0.3) is 0 Å². The van der Waals surface area contributed by atoms with Gasteiger partial charge in [-0.1, -0.05) is 0 Å². The molecule has 0 aromatic rings. The maximum Gasteiger partial charge on any atom is 0.308 e. The fraction of sp³-hybridized carbons (Fsp3) is 0.952. The van der Waals surface area contributed by atoms with E-state index >= 15 is 0 Å². The van der Waals surface area contributed by atoms with Crippen LogP contribution in [0.1, 0.15) is 58.3 Å². The summed E-state index contributed by atoms with van der Waals surface area (Å²) in [5.41, 5.74) is 0. The van der Waals surface area contributed by atoms with E-state index in [9.17, 15) is 4.79 Å². The van der Waals surface area contributed by atoms with Gasteiger partial charge in [0, 0.05) is 32.8 Å². The monoisotopic (exact) mass is 434 g/mol. The van der Waals surface area contributed by atoms with E-state index < -0.39 is 0 Å². The summed E-state index contributed by atoms with van der Waals surface area (Å²) in [6, 6.07) is 0.386. The zero-order chi connectivity index (χ0) is 19.8. The van der Waals surface area contributed by atoms with Crippen LogP contribution < -0.4 is 0 Å². The van der Waals surface area contributed by atoms with Crippen LogP contribution in [-0.4, -0.2) is 81.0 Å². The SMILES string of the molecule is CCOC(=O)[C@H]1CC[C@H](OC(N2CCCC2)N2CCCC2COCOC)CC1.Cl. The van der Waals surface area contributed by atoms with Crippen LogP contribution in [0, 0.1) is 5.92 Å². The number of ether oxygens (including phenoxy) is 4. The first-order valence-electron chi connectivity index (χ1n) is 11.1. The van der Waals surface area contributed by atoms with Gasteiger partial charge in [0.05, 0.1) is 25.2 Å². The van der Waals surface area contributed by atoms with Crippen LogP contribution in [-0.2, 0) is 23.7 Å². The van der Waals surface area contributed by atoms with Gasteiger partial charge >= 0.3 is 5.97 Å². The number of carbonyl (C=O) groups is 1. The van der Waals surface area contributed by atoms with Crippen molar-refractivity contribution in [3.63, 3.8) is 0 Å². The molecule has 170 valence electrons. The smallest absolute Gasteiger partial charge is 0.308 e. The first-order valence-corrected chi connectivity index (χ1v) is 11.1. The molecule has 1 aliphatic carbocycles. The molecule has 0 spiro atoms. The zero-order valence-electron chi connectivity index (χ0n) is 18.1. The highest BCUT2D eigenvalue weighted by atomic mass is 35.5. The second kappa shape index (κ2) is 13.1. The minimum Gasteiger partial charge on any atom is -0.466 e.